The zero-order valence-electron chi connectivity index (χ0n) is 9.41. The molecule has 2 N–H and O–H groups in total. The van der Waals surface area contributed by atoms with Crippen molar-refractivity contribution in [3.8, 4) is 0 Å². The first-order valence-electron chi connectivity index (χ1n) is 5.88. The lowest BCUT2D eigenvalue weighted by Crippen LogP contribution is -2.35. The Balaban J connectivity index is 1.58. The molecule has 1 aromatic carbocycles. The molecule has 0 aromatic heterocycles. The molecular weight excluding hydrogens is 200 g/mol. The second-order valence-corrected chi connectivity index (χ2v) is 4.24. The fourth-order valence-electron chi connectivity index (χ4n) is 1.58. The lowest BCUT2D eigenvalue weighted by atomic mass is 10.1. The van der Waals surface area contributed by atoms with Crippen molar-refractivity contribution < 1.29 is 4.79 Å². The maximum Gasteiger partial charge on any atom is 0.233 e. The summed E-state index contributed by atoms with van der Waals surface area (Å²) in [4.78, 5) is 11.4. The molecule has 86 valence electrons. The highest BCUT2D eigenvalue weighted by atomic mass is 16.1. The van der Waals surface area contributed by atoms with Crippen LogP contribution in [0.15, 0.2) is 30.3 Å². The van der Waals surface area contributed by atoms with Crippen LogP contribution in [0.5, 0.6) is 0 Å². The van der Waals surface area contributed by atoms with Crippen LogP contribution < -0.4 is 10.6 Å². The van der Waals surface area contributed by atoms with E-state index in [0.29, 0.717) is 12.6 Å². The molecule has 0 spiro atoms. The van der Waals surface area contributed by atoms with Gasteiger partial charge in [0, 0.05) is 12.6 Å². The molecule has 0 atom stereocenters. The van der Waals surface area contributed by atoms with Crippen LogP contribution in [0.3, 0.4) is 0 Å². The molecule has 1 fully saturated rings. The van der Waals surface area contributed by atoms with Crippen molar-refractivity contribution in [2.24, 2.45) is 0 Å². The predicted octanol–water partition coefficient (Wildman–Crippen LogP) is 1.10. The van der Waals surface area contributed by atoms with Crippen LogP contribution >= 0.6 is 0 Å². The molecule has 0 saturated heterocycles. The van der Waals surface area contributed by atoms with E-state index in [-0.39, 0.29) is 5.91 Å². The van der Waals surface area contributed by atoms with E-state index in [2.05, 4.69) is 22.8 Å². The molecule has 3 nitrogen and oxygen atoms in total. The third kappa shape index (κ3) is 4.03. The molecule has 0 heterocycles. The van der Waals surface area contributed by atoms with E-state index in [1.54, 1.807) is 0 Å². The van der Waals surface area contributed by atoms with Crippen molar-refractivity contribution in [3.05, 3.63) is 35.9 Å². The minimum Gasteiger partial charge on any atom is -0.355 e. The molecule has 1 aromatic rings. The van der Waals surface area contributed by atoms with E-state index >= 15 is 0 Å². The summed E-state index contributed by atoms with van der Waals surface area (Å²) in [7, 11) is 0. The maximum absolute atomic E-state index is 11.4. The Labute approximate surface area is 96.2 Å². The topological polar surface area (TPSA) is 41.1 Å². The van der Waals surface area contributed by atoms with Gasteiger partial charge in [0.05, 0.1) is 6.54 Å². The summed E-state index contributed by atoms with van der Waals surface area (Å²) in [6, 6.07) is 10.8. The molecule has 3 heteroatoms. The van der Waals surface area contributed by atoms with Crippen molar-refractivity contribution in [3.63, 3.8) is 0 Å². The van der Waals surface area contributed by atoms with Gasteiger partial charge in [0.2, 0.25) is 5.91 Å². The van der Waals surface area contributed by atoms with Gasteiger partial charge in [-0.15, -0.1) is 0 Å². The van der Waals surface area contributed by atoms with E-state index in [4.69, 9.17) is 0 Å². The second-order valence-electron chi connectivity index (χ2n) is 4.24. The number of carbonyl (C=O) groups is 1. The van der Waals surface area contributed by atoms with Gasteiger partial charge in [-0.05, 0) is 24.8 Å². The first-order valence-corrected chi connectivity index (χ1v) is 5.88. The fourth-order valence-corrected chi connectivity index (χ4v) is 1.58. The zero-order chi connectivity index (χ0) is 11.2. The summed E-state index contributed by atoms with van der Waals surface area (Å²) in [5.74, 6) is 0.0998. The van der Waals surface area contributed by atoms with Crippen LogP contribution in [0.4, 0.5) is 0 Å². The Morgan fingerprint density at radius 3 is 2.69 bits per heavy atom. The molecule has 1 amide bonds. The van der Waals surface area contributed by atoms with Gasteiger partial charge in [-0.3, -0.25) is 4.79 Å². The van der Waals surface area contributed by atoms with Gasteiger partial charge < -0.3 is 10.6 Å². The van der Waals surface area contributed by atoms with Crippen LogP contribution in [0.1, 0.15) is 18.4 Å². The first kappa shape index (κ1) is 11.1. The second kappa shape index (κ2) is 5.66. The number of carbonyl (C=O) groups excluding carboxylic acids is 1. The summed E-state index contributed by atoms with van der Waals surface area (Å²) in [5, 5.41) is 6.11. The van der Waals surface area contributed by atoms with Crippen LogP contribution in [0, 0.1) is 0 Å². The summed E-state index contributed by atoms with van der Waals surface area (Å²) in [6.07, 6.45) is 3.34. The Morgan fingerprint density at radius 2 is 2.00 bits per heavy atom. The van der Waals surface area contributed by atoms with Gasteiger partial charge in [0.25, 0.3) is 0 Å². The van der Waals surface area contributed by atoms with E-state index in [9.17, 15) is 4.79 Å². The number of hydrogen-bond acceptors (Lipinski definition) is 2. The number of amides is 1. The van der Waals surface area contributed by atoms with E-state index in [1.807, 2.05) is 18.2 Å². The summed E-state index contributed by atoms with van der Waals surface area (Å²) >= 11 is 0. The van der Waals surface area contributed by atoms with Crippen molar-refractivity contribution in [2.75, 3.05) is 13.1 Å². The monoisotopic (exact) mass is 218 g/mol. The lowest BCUT2D eigenvalue weighted by Gasteiger charge is -2.05. The van der Waals surface area contributed by atoms with E-state index in [1.165, 1.54) is 18.4 Å². The zero-order valence-corrected chi connectivity index (χ0v) is 9.41. The molecule has 1 saturated carbocycles. The fraction of sp³-hybridized carbons (Fsp3) is 0.462. The summed E-state index contributed by atoms with van der Waals surface area (Å²) < 4.78 is 0. The third-order valence-corrected chi connectivity index (χ3v) is 2.71. The molecule has 1 aliphatic rings. The SMILES string of the molecule is O=C(CNC1CC1)NCCc1ccccc1. The first-order chi connectivity index (χ1) is 7.84. The Hall–Kier alpha value is -1.35. The number of hydrogen-bond donors (Lipinski definition) is 2. The van der Waals surface area contributed by atoms with Gasteiger partial charge in [0.1, 0.15) is 0 Å². The molecule has 0 aliphatic heterocycles. The Bertz CT molecular complexity index is 333. The summed E-state index contributed by atoms with van der Waals surface area (Å²) in [5.41, 5.74) is 1.26. The standard InChI is InChI=1S/C13H18N2O/c16-13(10-15-12-6-7-12)14-9-8-11-4-2-1-3-5-11/h1-5,12,15H,6-10H2,(H,14,16). The van der Waals surface area contributed by atoms with Crippen molar-refractivity contribution in [2.45, 2.75) is 25.3 Å². The Morgan fingerprint density at radius 1 is 1.25 bits per heavy atom. The maximum atomic E-state index is 11.4. The van der Waals surface area contributed by atoms with Crippen molar-refractivity contribution in [1.82, 2.24) is 10.6 Å². The largest absolute Gasteiger partial charge is 0.355 e. The number of benzene rings is 1. The van der Waals surface area contributed by atoms with Crippen molar-refractivity contribution >= 4 is 5.91 Å². The quantitative estimate of drug-likeness (QED) is 0.750. The molecule has 0 radical (unpaired) electrons. The smallest absolute Gasteiger partial charge is 0.233 e. The van der Waals surface area contributed by atoms with Crippen molar-refractivity contribution in [1.29, 1.82) is 0 Å². The lowest BCUT2D eigenvalue weighted by molar-refractivity contribution is -0.120. The average Bonchev–Trinajstić information content (AvgIpc) is 3.12. The van der Waals surface area contributed by atoms with Gasteiger partial charge in [-0.25, -0.2) is 0 Å². The molecule has 0 bridgehead atoms. The van der Waals surface area contributed by atoms with E-state index < -0.39 is 0 Å². The van der Waals surface area contributed by atoms with Gasteiger partial charge in [0.15, 0.2) is 0 Å². The minimum atomic E-state index is 0.0998. The highest BCUT2D eigenvalue weighted by molar-refractivity contribution is 5.78. The van der Waals surface area contributed by atoms with Crippen LogP contribution in [-0.4, -0.2) is 25.0 Å². The molecule has 2 rings (SSSR count). The van der Waals surface area contributed by atoms with Crippen LogP contribution in [-0.2, 0) is 11.2 Å². The minimum absolute atomic E-state index is 0.0998. The predicted molar refractivity (Wildman–Crippen MR) is 64.2 cm³/mol. The molecule has 0 unspecified atom stereocenters. The van der Waals surface area contributed by atoms with Gasteiger partial charge >= 0.3 is 0 Å². The normalized spacial score (nSPS) is 14.8. The average molecular weight is 218 g/mol. The molecular formula is C13H18N2O. The highest BCUT2D eigenvalue weighted by Crippen LogP contribution is 2.17. The molecule has 1 aliphatic carbocycles. The Kier molecular flexibility index (Phi) is 3.94. The highest BCUT2D eigenvalue weighted by Gasteiger charge is 2.20. The third-order valence-electron chi connectivity index (χ3n) is 2.71. The van der Waals surface area contributed by atoms with Crippen LogP contribution in [0.2, 0.25) is 0 Å². The summed E-state index contributed by atoms with van der Waals surface area (Å²) in [6.45, 7) is 1.18. The number of nitrogens with one attached hydrogen (secondary N) is 2. The van der Waals surface area contributed by atoms with E-state index in [0.717, 1.165) is 13.0 Å². The van der Waals surface area contributed by atoms with Gasteiger partial charge in [-0.1, -0.05) is 30.3 Å². The molecule has 16 heavy (non-hydrogen) atoms. The van der Waals surface area contributed by atoms with Gasteiger partial charge in [-0.2, -0.15) is 0 Å². The number of rotatable bonds is 6. The van der Waals surface area contributed by atoms with Crippen LogP contribution in [0.25, 0.3) is 0 Å².